The number of rotatable bonds is 9. The number of allylic oxidation sites excluding steroid dienone is 4. The van der Waals surface area contributed by atoms with Gasteiger partial charge in [0.25, 0.3) is 5.91 Å². The molecule has 2 aromatic carbocycles. The molecule has 0 fully saturated rings. The van der Waals surface area contributed by atoms with Crippen LogP contribution in [0.1, 0.15) is 96.3 Å². The summed E-state index contributed by atoms with van der Waals surface area (Å²) in [7, 11) is 0. The van der Waals surface area contributed by atoms with Crippen molar-refractivity contribution in [2.75, 3.05) is 25.1 Å². The van der Waals surface area contributed by atoms with Crippen LogP contribution in [0.4, 0.5) is 5.69 Å². The summed E-state index contributed by atoms with van der Waals surface area (Å²) in [5.74, 6) is 0.267. The van der Waals surface area contributed by atoms with E-state index >= 15 is 0 Å². The van der Waals surface area contributed by atoms with E-state index in [1.165, 1.54) is 0 Å². The number of carbonyl (C=O) groups excluding carboxylic acids is 3. The highest BCUT2D eigenvalue weighted by atomic mass is 79.9. The first-order valence-corrected chi connectivity index (χ1v) is 17.2. The van der Waals surface area contributed by atoms with Crippen LogP contribution in [0.5, 0.6) is 11.5 Å². The molecule has 0 aromatic heterocycles. The number of carbonyl (C=O) groups is 3. The number of aryl methyl sites for hydroxylation is 2. The van der Waals surface area contributed by atoms with E-state index in [0.29, 0.717) is 35.4 Å². The Hall–Kier alpha value is -3.39. The van der Waals surface area contributed by atoms with E-state index in [1.807, 2.05) is 51.1 Å². The maximum atomic E-state index is 14.1. The fourth-order valence-electron chi connectivity index (χ4n) is 7.31. The second kappa shape index (κ2) is 13.0. The number of amides is 1. The lowest BCUT2D eigenvalue weighted by atomic mass is 9.63. The van der Waals surface area contributed by atoms with E-state index in [4.69, 9.17) is 9.47 Å². The van der Waals surface area contributed by atoms with Crippen LogP contribution in [0, 0.1) is 24.7 Å². The Morgan fingerprint density at radius 3 is 2.07 bits per heavy atom. The molecule has 246 valence electrons. The zero-order valence-corrected chi connectivity index (χ0v) is 30.1. The topological polar surface area (TPSA) is 84.9 Å². The van der Waals surface area contributed by atoms with Gasteiger partial charge in [0.05, 0.1) is 11.1 Å². The summed E-state index contributed by atoms with van der Waals surface area (Å²) in [5, 5.41) is 2.93. The van der Waals surface area contributed by atoms with E-state index in [2.05, 4.69) is 60.8 Å². The van der Waals surface area contributed by atoms with Crippen molar-refractivity contribution >= 4 is 39.1 Å². The minimum Gasteiger partial charge on any atom is -0.490 e. The number of anilines is 1. The van der Waals surface area contributed by atoms with Crippen molar-refractivity contribution in [3.05, 3.63) is 74.0 Å². The first-order valence-electron chi connectivity index (χ1n) is 16.4. The number of ether oxygens (including phenoxy) is 2. The Kier molecular flexibility index (Phi) is 9.61. The second-order valence-corrected chi connectivity index (χ2v) is 15.5. The van der Waals surface area contributed by atoms with Crippen LogP contribution in [-0.2, 0) is 14.4 Å². The number of benzene rings is 2. The zero-order valence-electron chi connectivity index (χ0n) is 28.5. The van der Waals surface area contributed by atoms with Gasteiger partial charge in [0.1, 0.15) is 0 Å². The molecule has 0 saturated heterocycles. The van der Waals surface area contributed by atoms with E-state index < -0.39 is 5.92 Å². The van der Waals surface area contributed by atoms with Gasteiger partial charge in [-0.05, 0) is 96.1 Å². The predicted octanol–water partition coefficient (Wildman–Crippen LogP) is 8.58. The lowest BCUT2D eigenvalue weighted by Crippen LogP contribution is -2.44. The Balaban J connectivity index is 1.57. The quantitative estimate of drug-likeness (QED) is 0.284. The number of Topliss-reactive ketones (excluding diaryl/α,β-unsaturated/α-hetero) is 2. The number of hydrogen-bond acceptors (Lipinski definition) is 6. The van der Waals surface area contributed by atoms with Crippen molar-refractivity contribution in [3.8, 4) is 11.5 Å². The van der Waals surface area contributed by atoms with E-state index in [9.17, 15) is 14.4 Å². The molecule has 1 N–H and O–H groups in total. The molecule has 3 aliphatic rings. The van der Waals surface area contributed by atoms with Crippen LogP contribution in [0.25, 0.3) is 0 Å². The van der Waals surface area contributed by atoms with Crippen molar-refractivity contribution in [2.24, 2.45) is 10.8 Å². The van der Waals surface area contributed by atoms with Crippen molar-refractivity contribution in [2.45, 2.75) is 93.4 Å². The monoisotopic (exact) mass is 690 g/mol. The third-order valence-corrected chi connectivity index (χ3v) is 9.73. The van der Waals surface area contributed by atoms with Crippen molar-refractivity contribution < 1.29 is 23.9 Å². The number of nitrogens with one attached hydrogen (secondary N) is 1. The average Bonchev–Trinajstić information content (AvgIpc) is 2.93. The molecular weight excluding hydrogens is 644 g/mol. The Morgan fingerprint density at radius 1 is 0.913 bits per heavy atom. The van der Waals surface area contributed by atoms with Gasteiger partial charge in [-0.15, -0.1) is 0 Å². The highest BCUT2D eigenvalue weighted by Crippen LogP contribution is 2.55. The van der Waals surface area contributed by atoms with Crippen molar-refractivity contribution in [1.82, 2.24) is 4.90 Å². The average molecular weight is 692 g/mol. The molecule has 46 heavy (non-hydrogen) atoms. The number of hydrogen-bond donors (Lipinski definition) is 1. The van der Waals surface area contributed by atoms with Gasteiger partial charge >= 0.3 is 0 Å². The maximum Gasteiger partial charge on any atom is 0.262 e. The number of halogens is 1. The minimum absolute atomic E-state index is 0.0963. The summed E-state index contributed by atoms with van der Waals surface area (Å²) < 4.78 is 12.8. The molecule has 1 heterocycles. The molecule has 0 bridgehead atoms. The molecule has 5 rings (SSSR count). The molecule has 1 amide bonds. The van der Waals surface area contributed by atoms with E-state index in [-0.39, 0.29) is 34.9 Å². The van der Waals surface area contributed by atoms with E-state index in [1.54, 1.807) is 0 Å². The lowest BCUT2D eigenvalue weighted by molar-refractivity contribution is -0.120. The maximum absolute atomic E-state index is 14.1. The van der Waals surface area contributed by atoms with Crippen LogP contribution in [-0.4, -0.2) is 42.1 Å². The smallest absolute Gasteiger partial charge is 0.262 e. The second-order valence-electron chi connectivity index (χ2n) is 14.6. The third kappa shape index (κ3) is 6.83. The van der Waals surface area contributed by atoms with Gasteiger partial charge in [-0.3, -0.25) is 14.4 Å². The number of nitrogens with zero attached hydrogens (tertiary/aromatic N) is 1. The molecule has 1 aliphatic heterocycles. The Morgan fingerprint density at radius 2 is 1.52 bits per heavy atom. The first kappa shape index (κ1) is 34.0. The fourth-order valence-corrected chi connectivity index (χ4v) is 7.88. The van der Waals surface area contributed by atoms with Crippen LogP contribution in [0.3, 0.4) is 0 Å². The minimum atomic E-state index is -0.498. The van der Waals surface area contributed by atoms with E-state index in [0.717, 1.165) is 70.7 Å². The predicted molar refractivity (Wildman–Crippen MR) is 185 cm³/mol. The summed E-state index contributed by atoms with van der Waals surface area (Å²) in [6.45, 7) is 17.5. The van der Waals surface area contributed by atoms with Gasteiger partial charge in [0.2, 0.25) is 0 Å². The summed E-state index contributed by atoms with van der Waals surface area (Å²) in [6.07, 6.45) is 3.31. The summed E-state index contributed by atoms with van der Waals surface area (Å²) >= 11 is 3.70. The summed E-state index contributed by atoms with van der Waals surface area (Å²) in [6, 6.07) is 9.67. The molecule has 0 unspecified atom stereocenters. The van der Waals surface area contributed by atoms with Gasteiger partial charge < -0.3 is 19.7 Å². The van der Waals surface area contributed by atoms with Crippen molar-refractivity contribution in [1.29, 1.82) is 0 Å². The molecule has 0 saturated carbocycles. The fraction of sp³-hybridized carbons (Fsp3) is 0.500. The Bertz CT molecular complexity index is 1600. The highest BCUT2D eigenvalue weighted by molar-refractivity contribution is 9.10. The summed E-state index contributed by atoms with van der Waals surface area (Å²) in [4.78, 5) is 43.4. The first-order chi connectivity index (χ1) is 21.6. The van der Waals surface area contributed by atoms with Crippen LogP contribution in [0.2, 0.25) is 0 Å². The summed E-state index contributed by atoms with van der Waals surface area (Å²) in [5.41, 5.74) is 6.85. The third-order valence-electron chi connectivity index (χ3n) is 9.14. The van der Waals surface area contributed by atoms with Crippen LogP contribution >= 0.6 is 15.9 Å². The molecular formula is C38H47BrN2O5. The standard InChI is InChI=1S/C38H47BrN2O5/c1-9-13-41-27-17-37(5,6)19-29(42)34(27)33(35-28(41)18-38(7,8)20-30(35)43)24-15-25(39)36(31(16-24)45-10-2)46-21-32(44)40-26-12-11-22(3)14-23(26)4/h11-12,14-16,33H,9-10,13,17-21H2,1-8H3,(H,40,44). The van der Waals surface area contributed by atoms with Gasteiger partial charge in [-0.2, -0.15) is 0 Å². The molecule has 7 nitrogen and oxygen atoms in total. The normalized spacial score (nSPS) is 19.2. The molecule has 2 aromatic rings. The number of ketones is 2. The van der Waals surface area contributed by atoms with Gasteiger partial charge in [-0.1, -0.05) is 52.3 Å². The van der Waals surface area contributed by atoms with Crippen molar-refractivity contribution in [3.63, 3.8) is 0 Å². The largest absolute Gasteiger partial charge is 0.490 e. The molecule has 8 heteroatoms. The Labute approximate surface area is 281 Å². The zero-order chi connectivity index (χ0) is 33.6. The van der Waals surface area contributed by atoms with Crippen LogP contribution in [0.15, 0.2) is 57.3 Å². The molecule has 0 atom stereocenters. The van der Waals surface area contributed by atoms with Gasteiger partial charge in [0, 0.05) is 53.5 Å². The SMILES string of the molecule is CCCN1C2=C(C(=O)CC(C)(C)C2)C(c2cc(Br)c(OCC(=O)Nc3ccc(C)cc3C)c(OCC)c2)C2=C1CC(C)(C)CC2=O. The lowest BCUT2D eigenvalue weighted by Gasteiger charge is -2.49. The molecule has 0 spiro atoms. The molecule has 0 radical (unpaired) electrons. The molecule has 2 aliphatic carbocycles. The van der Waals surface area contributed by atoms with Crippen LogP contribution < -0.4 is 14.8 Å². The highest BCUT2D eigenvalue weighted by Gasteiger charge is 2.49. The van der Waals surface area contributed by atoms with Gasteiger partial charge in [-0.25, -0.2) is 0 Å². The van der Waals surface area contributed by atoms with Gasteiger partial charge in [0.15, 0.2) is 29.7 Å².